The molecule has 0 saturated heterocycles. The first-order valence-corrected chi connectivity index (χ1v) is 10.6. The minimum atomic E-state index is -3.61. The van der Waals surface area contributed by atoms with Crippen LogP contribution >= 0.6 is 0 Å². The summed E-state index contributed by atoms with van der Waals surface area (Å²) in [4.78, 5) is 12.4. The van der Waals surface area contributed by atoms with Gasteiger partial charge in [-0.3, -0.25) is 9.10 Å². The van der Waals surface area contributed by atoms with Crippen molar-refractivity contribution in [3.8, 4) is 5.75 Å². The first kappa shape index (κ1) is 20.8. The molecule has 1 atom stereocenters. The lowest BCUT2D eigenvalue weighted by molar-refractivity contribution is -0.120. The van der Waals surface area contributed by atoms with Crippen LogP contribution in [0.1, 0.15) is 18.9 Å². The number of carbonyl (C=O) groups excluding carboxylic acids is 1. The molecule has 0 saturated carbocycles. The van der Waals surface area contributed by atoms with Crippen molar-refractivity contribution < 1.29 is 17.9 Å². The Bertz CT molecular complexity index is 853. The van der Waals surface area contributed by atoms with Crippen molar-refractivity contribution in [3.05, 3.63) is 60.2 Å². The van der Waals surface area contributed by atoms with Gasteiger partial charge in [0.1, 0.15) is 12.3 Å². The SMILES string of the molecule is COc1cccc(N(CC(=O)N[C@@H](C)CCc2ccccc2)S(C)(=O)=O)c1. The Hall–Kier alpha value is -2.54. The van der Waals surface area contributed by atoms with Crippen LogP contribution in [0.3, 0.4) is 0 Å². The van der Waals surface area contributed by atoms with Gasteiger partial charge >= 0.3 is 0 Å². The Kier molecular flexibility index (Phi) is 7.24. The number of methoxy groups -OCH3 is 1. The average molecular weight is 391 g/mol. The molecule has 0 aliphatic heterocycles. The van der Waals surface area contributed by atoms with E-state index in [9.17, 15) is 13.2 Å². The molecule has 2 aromatic rings. The highest BCUT2D eigenvalue weighted by Gasteiger charge is 2.22. The first-order chi connectivity index (χ1) is 12.8. The number of carbonyl (C=O) groups is 1. The number of nitrogens with zero attached hydrogens (tertiary/aromatic N) is 1. The number of benzene rings is 2. The molecule has 0 fully saturated rings. The standard InChI is InChI=1S/C20H26N2O4S/c1-16(12-13-17-8-5-4-6-9-17)21-20(23)15-22(27(3,24)25)18-10-7-11-19(14-18)26-2/h4-11,14,16H,12-13,15H2,1-3H3,(H,21,23)/t16-/m0/s1. The van der Waals surface area contributed by atoms with Gasteiger partial charge in [-0.2, -0.15) is 0 Å². The van der Waals surface area contributed by atoms with Crippen molar-refractivity contribution >= 4 is 21.6 Å². The van der Waals surface area contributed by atoms with Crippen LogP contribution in [-0.4, -0.2) is 40.3 Å². The molecule has 1 N–H and O–H groups in total. The highest BCUT2D eigenvalue weighted by molar-refractivity contribution is 7.92. The van der Waals surface area contributed by atoms with E-state index in [1.807, 2.05) is 37.3 Å². The molecular formula is C20H26N2O4S. The Morgan fingerprint density at radius 2 is 1.85 bits per heavy atom. The van der Waals surface area contributed by atoms with Gasteiger partial charge in [0.25, 0.3) is 0 Å². The Balaban J connectivity index is 1.99. The van der Waals surface area contributed by atoms with Crippen molar-refractivity contribution in [1.82, 2.24) is 5.32 Å². The molecule has 1 amide bonds. The Morgan fingerprint density at radius 1 is 1.15 bits per heavy atom. The van der Waals surface area contributed by atoms with E-state index in [2.05, 4.69) is 5.32 Å². The van der Waals surface area contributed by atoms with Gasteiger partial charge in [0, 0.05) is 12.1 Å². The van der Waals surface area contributed by atoms with Gasteiger partial charge in [0.15, 0.2) is 0 Å². The van der Waals surface area contributed by atoms with Crippen LogP contribution < -0.4 is 14.4 Å². The summed E-state index contributed by atoms with van der Waals surface area (Å²) in [5.41, 5.74) is 1.59. The monoisotopic (exact) mass is 390 g/mol. The molecule has 0 radical (unpaired) electrons. The van der Waals surface area contributed by atoms with Crippen LogP contribution in [-0.2, 0) is 21.2 Å². The summed E-state index contributed by atoms with van der Waals surface area (Å²) < 4.78 is 30.6. The van der Waals surface area contributed by atoms with Gasteiger partial charge in [-0.15, -0.1) is 0 Å². The fourth-order valence-corrected chi connectivity index (χ4v) is 3.56. The summed E-state index contributed by atoms with van der Waals surface area (Å²) in [5.74, 6) is 0.182. The molecule has 0 heterocycles. The molecule has 7 heteroatoms. The Labute approximate surface area is 161 Å². The molecule has 6 nitrogen and oxygen atoms in total. The quantitative estimate of drug-likeness (QED) is 0.714. The third-order valence-electron chi connectivity index (χ3n) is 4.15. The molecule has 0 spiro atoms. The second-order valence-electron chi connectivity index (χ2n) is 6.46. The fraction of sp³-hybridized carbons (Fsp3) is 0.350. The van der Waals surface area contributed by atoms with Crippen molar-refractivity contribution in [2.24, 2.45) is 0 Å². The Morgan fingerprint density at radius 3 is 2.48 bits per heavy atom. The molecular weight excluding hydrogens is 364 g/mol. The van der Waals surface area contributed by atoms with Crippen LogP contribution in [0.5, 0.6) is 5.75 Å². The lowest BCUT2D eigenvalue weighted by atomic mass is 10.1. The van der Waals surface area contributed by atoms with E-state index in [4.69, 9.17) is 4.74 Å². The van der Waals surface area contributed by atoms with E-state index >= 15 is 0 Å². The van der Waals surface area contributed by atoms with E-state index in [0.29, 0.717) is 11.4 Å². The number of amides is 1. The normalized spacial score (nSPS) is 12.3. The molecule has 146 valence electrons. The molecule has 0 aromatic heterocycles. The number of rotatable bonds is 9. The van der Waals surface area contributed by atoms with Crippen molar-refractivity contribution in [1.29, 1.82) is 0 Å². The molecule has 0 aliphatic rings. The highest BCUT2D eigenvalue weighted by atomic mass is 32.2. The maximum absolute atomic E-state index is 12.4. The van der Waals surface area contributed by atoms with Crippen molar-refractivity contribution in [2.45, 2.75) is 25.8 Å². The average Bonchev–Trinajstić information content (AvgIpc) is 2.64. The summed E-state index contributed by atoms with van der Waals surface area (Å²) in [6.07, 6.45) is 2.69. The molecule has 0 unspecified atom stereocenters. The first-order valence-electron chi connectivity index (χ1n) is 8.74. The van der Waals surface area contributed by atoms with Gasteiger partial charge in [0.05, 0.1) is 19.1 Å². The van der Waals surface area contributed by atoms with Crippen LogP contribution in [0, 0.1) is 0 Å². The van der Waals surface area contributed by atoms with E-state index < -0.39 is 10.0 Å². The summed E-state index contributed by atoms with van der Waals surface area (Å²) in [7, 11) is -2.11. The topological polar surface area (TPSA) is 75.7 Å². The second-order valence-corrected chi connectivity index (χ2v) is 8.37. The zero-order chi connectivity index (χ0) is 19.9. The number of sulfonamides is 1. The number of hydrogen-bond acceptors (Lipinski definition) is 4. The van der Waals surface area contributed by atoms with Crippen molar-refractivity contribution in [2.75, 3.05) is 24.2 Å². The molecule has 2 rings (SSSR count). The largest absolute Gasteiger partial charge is 0.497 e. The smallest absolute Gasteiger partial charge is 0.240 e. The zero-order valence-electron chi connectivity index (χ0n) is 15.9. The second kappa shape index (κ2) is 9.41. The maximum Gasteiger partial charge on any atom is 0.240 e. The van der Waals surface area contributed by atoms with Gasteiger partial charge < -0.3 is 10.1 Å². The van der Waals surface area contributed by atoms with Gasteiger partial charge in [-0.05, 0) is 37.5 Å². The molecule has 2 aromatic carbocycles. The van der Waals surface area contributed by atoms with Crippen molar-refractivity contribution in [3.63, 3.8) is 0 Å². The summed E-state index contributed by atoms with van der Waals surface area (Å²) >= 11 is 0. The number of ether oxygens (including phenoxy) is 1. The lowest BCUT2D eigenvalue weighted by Crippen LogP contribution is -2.43. The van der Waals surface area contributed by atoms with Crippen LogP contribution in [0.4, 0.5) is 5.69 Å². The van der Waals surface area contributed by atoms with E-state index in [1.165, 1.54) is 12.7 Å². The third-order valence-corrected chi connectivity index (χ3v) is 5.29. The molecule has 27 heavy (non-hydrogen) atoms. The summed E-state index contributed by atoms with van der Waals surface area (Å²) in [6.45, 7) is 1.64. The number of hydrogen-bond donors (Lipinski definition) is 1. The fourth-order valence-electron chi connectivity index (χ4n) is 2.72. The summed E-state index contributed by atoms with van der Waals surface area (Å²) in [5, 5.41) is 2.87. The number of nitrogens with one attached hydrogen (secondary N) is 1. The van der Waals surface area contributed by atoms with Crippen LogP contribution in [0.2, 0.25) is 0 Å². The predicted molar refractivity (Wildman–Crippen MR) is 108 cm³/mol. The maximum atomic E-state index is 12.4. The van der Waals surface area contributed by atoms with Crippen LogP contribution in [0.25, 0.3) is 0 Å². The molecule has 0 aliphatic carbocycles. The summed E-state index contributed by atoms with van der Waals surface area (Å²) in [6, 6.07) is 16.6. The van der Waals surface area contributed by atoms with E-state index in [-0.39, 0.29) is 18.5 Å². The zero-order valence-corrected chi connectivity index (χ0v) is 16.7. The molecule has 0 bridgehead atoms. The third kappa shape index (κ3) is 6.60. The van der Waals surface area contributed by atoms with E-state index in [1.54, 1.807) is 24.3 Å². The minimum Gasteiger partial charge on any atom is -0.497 e. The minimum absolute atomic E-state index is 0.0653. The van der Waals surface area contributed by atoms with E-state index in [0.717, 1.165) is 23.4 Å². The van der Waals surface area contributed by atoms with Gasteiger partial charge in [0.2, 0.25) is 15.9 Å². The van der Waals surface area contributed by atoms with Gasteiger partial charge in [-0.25, -0.2) is 8.42 Å². The van der Waals surface area contributed by atoms with Gasteiger partial charge in [-0.1, -0.05) is 36.4 Å². The number of aryl methyl sites for hydroxylation is 1. The highest BCUT2D eigenvalue weighted by Crippen LogP contribution is 2.22. The lowest BCUT2D eigenvalue weighted by Gasteiger charge is -2.23. The van der Waals surface area contributed by atoms with Crippen LogP contribution in [0.15, 0.2) is 54.6 Å². The predicted octanol–water partition coefficient (Wildman–Crippen LogP) is 2.60. The number of anilines is 1.